The minimum atomic E-state index is 0.627. The van der Waals surface area contributed by atoms with Gasteiger partial charge in [-0.15, -0.1) is 11.3 Å². The largest absolute Gasteiger partial charge is 0.373 e. The van der Waals surface area contributed by atoms with Gasteiger partial charge in [-0.25, -0.2) is 0 Å². The van der Waals surface area contributed by atoms with E-state index >= 15 is 0 Å². The van der Waals surface area contributed by atoms with Crippen LogP contribution in [0.15, 0.2) is 48.0 Å². The van der Waals surface area contributed by atoms with E-state index in [-0.39, 0.29) is 0 Å². The topological polar surface area (TPSA) is 39.9 Å². The van der Waals surface area contributed by atoms with Crippen LogP contribution < -0.4 is 4.90 Å². The van der Waals surface area contributed by atoms with Gasteiger partial charge in [0.05, 0.1) is 16.8 Å². The van der Waals surface area contributed by atoms with E-state index in [1.807, 2.05) is 31.3 Å². The first kappa shape index (κ1) is 13.6. The summed E-state index contributed by atoms with van der Waals surface area (Å²) in [5, 5.41) is 12.5. The number of thiophene rings is 1. The van der Waals surface area contributed by atoms with E-state index in [9.17, 15) is 5.26 Å². The van der Waals surface area contributed by atoms with E-state index in [4.69, 9.17) is 0 Å². The van der Waals surface area contributed by atoms with Crippen LogP contribution in [0.1, 0.15) is 10.4 Å². The highest BCUT2D eigenvalue weighted by molar-refractivity contribution is 7.09. The van der Waals surface area contributed by atoms with Crippen LogP contribution in [-0.2, 0) is 6.42 Å². The highest BCUT2D eigenvalue weighted by Gasteiger charge is 2.12. The molecule has 3 rings (SSSR count). The van der Waals surface area contributed by atoms with Gasteiger partial charge in [0.1, 0.15) is 6.07 Å². The second-order valence-electron chi connectivity index (χ2n) is 4.90. The minimum absolute atomic E-state index is 0.627. The predicted octanol–water partition coefficient (Wildman–Crippen LogP) is 3.85. The number of rotatable bonds is 4. The molecule has 3 aromatic rings. The van der Waals surface area contributed by atoms with E-state index in [2.05, 4.69) is 33.5 Å². The van der Waals surface area contributed by atoms with Crippen molar-refractivity contribution in [3.8, 4) is 6.07 Å². The third-order valence-corrected chi connectivity index (χ3v) is 4.46. The average molecular weight is 293 g/mol. The van der Waals surface area contributed by atoms with Crippen LogP contribution in [0.2, 0.25) is 0 Å². The van der Waals surface area contributed by atoms with Crippen LogP contribution in [0.5, 0.6) is 0 Å². The van der Waals surface area contributed by atoms with Gasteiger partial charge < -0.3 is 4.90 Å². The predicted molar refractivity (Wildman–Crippen MR) is 87.8 cm³/mol. The molecule has 0 unspecified atom stereocenters. The maximum absolute atomic E-state index is 9.36. The molecular formula is C17H15N3S. The summed E-state index contributed by atoms with van der Waals surface area (Å²) in [6, 6.07) is 14.4. The Hall–Kier alpha value is -2.38. The van der Waals surface area contributed by atoms with Crippen molar-refractivity contribution in [2.75, 3.05) is 18.5 Å². The molecule has 0 atom stereocenters. The Morgan fingerprint density at radius 1 is 1.24 bits per heavy atom. The number of para-hydroxylation sites is 1. The molecule has 21 heavy (non-hydrogen) atoms. The maximum atomic E-state index is 9.36. The molecule has 0 spiro atoms. The zero-order valence-electron chi connectivity index (χ0n) is 11.8. The summed E-state index contributed by atoms with van der Waals surface area (Å²) < 4.78 is 0. The molecule has 0 saturated carbocycles. The van der Waals surface area contributed by atoms with Crippen molar-refractivity contribution in [2.24, 2.45) is 0 Å². The summed E-state index contributed by atoms with van der Waals surface area (Å²) >= 11 is 1.77. The molecule has 1 aromatic carbocycles. The highest BCUT2D eigenvalue weighted by Crippen LogP contribution is 2.28. The van der Waals surface area contributed by atoms with Crippen molar-refractivity contribution in [3.05, 3.63) is 58.4 Å². The van der Waals surface area contributed by atoms with Gasteiger partial charge >= 0.3 is 0 Å². The van der Waals surface area contributed by atoms with Crippen LogP contribution in [-0.4, -0.2) is 18.6 Å². The van der Waals surface area contributed by atoms with Crippen LogP contribution in [0.3, 0.4) is 0 Å². The second kappa shape index (κ2) is 5.94. The zero-order chi connectivity index (χ0) is 14.7. The van der Waals surface area contributed by atoms with Gasteiger partial charge in [-0.3, -0.25) is 4.98 Å². The Morgan fingerprint density at radius 3 is 2.86 bits per heavy atom. The Bertz CT molecular complexity index is 787. The summed E-state index contributed by atoms with van der Waals surface area (Å²) in [5.41, 5.74) is 2.52. The second-order valence-corrected chi connectivity index (χ2v) is 5.93. The average Bonchev–Trinajstić information content (AvgIpc) is 3.04. The molecule has 3 nitrogen and oxygen atoms in total. The van der Waals surface area contributed by atoms with E-state index in [1.54, 1.807) is 17.5 Å². The molecule has 4 heteroatoms. The number of aromatic nitrogens is 1. The number of pyridine rings is 1. The lowest BCUT2D eigenvalue weighted by molar-refractivity contribution is 0.889. The van der Waals surface area contributed by atoms with Gasteiger partial charge in [-0.1, -0.05) is 24.3 Å². The lowest BCUT2D eigenvalue weighted by Gasteiger charge is -2.22. The van der Waals surface area contributed by atoms with E-state index in [0.717, 1.165) is 29.6 Å². The number of fused-ring (bicyclic) bond motifs is 1. The van der Waals surface area contributed by atoms with Crippen molar-refractivity contribution in [2.45, 2.75) is 6.42 Å². The molecule has 0 aliphatic heterocycles. The van der Waals surface area contributed by atoms with Gasteiger partial charge in [-0.05, 0) is 23.9 Å². The van der Waals surface area contributed by atoms with Gasteiger partial charge in [0.15, 0.2) is 0 Å². The third-order valence-electron chi connectivity index (χ3n) is 3.52. The SMILES string of the molecule is CN(CCc1cccs1)c1c(C#N)cnc2ccccc12. The Balaban J connectivity index is 1.96. The fraction of sp³-hybridized carbons (Fsp3) is 0.176. The Morgan fingerprint density at radius 2 is 2.10 bits per heavy atom. The van der Waals surface area contributed by atoms with Crippen molar-refractivity contribution >= 4 is 27.9 Å². The lowest BCUT2D eigenvalue weighted by Crippen LogP contribution is -2.21. The third kappa shape index (κ3) is 2.74. The van der Waals surface area contributed by atoms with E-state index < -0.39 is 0 Å². The lowest BCUT2D eigenvalue weighted by atomic mass is 10.1. The number of benzene rings is 1. The van der Waals surface area contributed by atoms with E-state index in [0.29, 0.717) is 5.56 Å². The van der Waals surface area contributed by atoms with Crippen molar-refractivity contribution in [1.29, 1.82) is 5.26 Å². The van der Waals surface area contributed by atoms with Gasteiger partial charge in [0.25, 0.3) is 0 Å². The molecule has 0 amide bonds. The molecule has 0 aliphatic rings. The van der Waals surface area contributed by atoms with Crippen LogP contribution >= 0.6 is 11.3 Å². The molecule has 2 aromatic heterocycles. The fourth-order valence-electron chi connectivity index (χ4n) is 2.46. The van der Waals surface area contributed by atoms with Crippen molar-refractivity contribution in [3.63, 3.8) is 0 Å². The quantitative estimate of drug-likeness (QED) is 0.733. The summed E-state index contributed by atoms with van der Waals surface area (Å²) in [7, 11) is 2.04. The molecule has 104 valence electrons. The highest BCUT2D eigenvalue weighted by atomic mass is 32.1. The van der Waals surface area contributed by atoms with Crippen LogP contribution in [0.4, 0.5) is 5.69 Å². The molecule has 2 heterocycles. The summed E-state index contributed by atoms with van der Waals surface area (Å²) in [4.78, 5) is 7.87. The zero-order valence-corrected chi connectivity index (χ0v) is 12.6. The standard InChI is InChI=1S/C17H15N3S/c1-20(9-8-14-5-4-10-21-14)17-13(11-18)12-19-16-7-3-2-6-15(16)17/h2-7,10,12H,8-9H2,1H3. The maximum Gasteiger partial charge on any atom is 0.103 e. The summed E-state index contributed by atoms with van der Waals surface area (Å²) in [6.07, 6.45) is 2.65. The number of anilines is 1. The van der Waals surface area contributed by atoms with Gasteiger partial charge in [-0.2, -0.15) is 5.26 Å². The van der Waals surface area contributed by atoms with Crippen LogP contribution in [0, 0.1) is 11.3 Å². The Kier molecular flexibility index (Phi) is 3.85. The number of nitrogens with zero attached hydrogens (tertiary/aromatic N) is 3. The van der Waals surface area contributed by atoms with Gasteiger partial charge in [0, 0.05) is 30.1 Å². The molecule has 0 saturated heterocycles. The number of nitriles is 1. The van der Waals surface area contributed by atoms with Gasteiger partial charge in [0.2, 0.25) is 0 Å². The molecular weight excluding hydrogens is 278 g/mol. The molecule has 0 fully saturated rings. The van der Waals surface area contributed by atoms with Crippen molar-refractivity contribution in [1.82, 2.24) is 4.98 Å². The number of likely N-dealkylation sites (N-methyl/N-ethyl adjacent to an activating group) is 1. The first-order chi connectivity index (χ1) is 10.3. The summed E-state index contributed by atoms with van der Waals surface area (Å²) in [5.74, 6) is 0. The summed E-state index contributed by atoms with van der Waals surface area (Å²) in [6.45, 7) is 0.878. The smallest absolute Gasteiger partial charge is 0.103 e. The minimum Gasteiger partial charge on any atom is -0.373 e. The number of hydrogen-bond acceptors (Lipinski definition) is 4. The monoisotopic (exact) mass is 293 g/mol. The molecule has 0 aliphatic carbocycles. The number of hydrogen-bond donors (Lipinski definition) is 0. The normalized spacial score (nSPS) is 10.5. The van der Waals surface area contributed by atoms with E-state index in [1.165, 1.54) is 4.88 Å². The first-order valence-electron chi connectivity index (χ1n) is 6.81. The first-order valence-corrected chi connectivity index (χ1v) is 7.69. The molecule has 0 radical (unpaired) electrons. The van der Waals surface area contributed by atoms with Crippen molar-refractivity contribution < 1.29 is 0 Å². The molecule has 0 N–H and O–H groups in total. The van der Waals surface area contributed by atoms with Crippen LogP contribution in [0.25, 0.3) is 10.9 Å². The molecule has 0 bridgehead atoms. The Labute approximate surface area is 128 Å². The fourth-order valence-corrected chi connectivity index (χ4v) is 3.16.